The smallest absolute Gasteiger partial charge is 0.243 e. The molecule has 4 rings (SSSR count). The van der Waals surface area contributed by atoms with Gasteiger partial charge in [0.05, 0.1) is 4.87 Å². The Morgan fingerprint density at radius 1 is 1.48 bits per heavy atom. The molecule has 2 saturated heterocycles. The summed E-state index contributed by atoms with van der Waals surface area (Å²) in [6.45, 7) is 2.45. The number of aromatic nitrogens is 3. The number of imidazole rings is 1. The van der Waals surface area contributed by atoms with Crippen molar-refractivity contribution in [3.05, 3.63) is 42.6 Å². The second kappa shape index (κ2) is 6.18. The van der Waals surface area contributed by atoms with Gasteiger partial charge in [-0.25, -0.2) is 9.97 Å². The molecular formula is C17H19N5O2S. The molecule has 0 aliphatic carbocycles. The van der Waals surface area contributed by atoms with Crippen LogP contribution in [0, 0.1) is 0 Å². The van der Waals surface area contributed by atoms with Gasteiger partial charge in [-0.05, 0) is 25.0 Å². The van der Waals surface area contributed by atoms with E-state index in [1.165, 1.54) is 0 Å². The summed E-state index contributed by atoms with van der Waals surface area (Å²) in [6.07, 6.45) is 8.30. The second-order valence-electron chi connectivity index (χ2n) is 6.48. The fraction of sp³-hybridized carbons (Fsp3) is 0.412. The first-order valence-corrected chi connectivity index (χ1v) is 9.22. The van der Waals surface area contributed by atoms with Crippen molar-refractivity contribution < 1.29 is 9.59 Å². The number of hydrogen-bond donors (Lipinski definition) is 1. The van der Waals surface area contributed by atoms with Gasteiger partial charge in [-0.1, -0.05) is 6.07 Å². The number of amides is 2. The van der Waals surface area contributed by atoms with Crippen molar-refractivity contribution >= 4 is 23.6 Å². The van der Waals surface area contributed by atoms with Gasteiger partial charge in [-0.3, -0.25) is 14.2 Å². The van der Waals surface area contributed by atoms with Crippen molar-refractivity contribution in [1.82, 2.24) is 24.8 Å². The second-order valence-corrected chi connectivity index (χ2v) is 7.98. The molecule has 2 atom stereocenters. The van der Waals surface area contributed by atoms with Gasteiger partial charge >= 0.3 is 0 Å². The van der Waals surface area contributed by atoms with E-state index in [0.29, 0.717) is 18.7 Å². The first-order valence-electron chi connectivity index (χ1n) is 8.24. The summed E-state index contributed by atoms with van der Waals surface area (Å²) >= 11 is 1.70. The molecule has 2 aliphatic heterocycles. The topological polar surface area (TPSA) is 80.1 Å². The molecule has 8 heteroatoms. The Hall–Kier alpha value is -2.35. The molecular weight excluding hydrogens is 338 g/mol. The standard InChI is InChI=1S/C17H19N5O2S/c1-17-5-4-15(23)22(17)13(10-25-17)16(24)20-9-12-2-3-14(19-8-12)21-7-6-18-11-21/h2-3,6-8,11,13H,4-5,9-10H2,1H3,(H,20,24)/t13-,17+/m1/s1. The summed E-state index contributed by atoms with van der Waals surface area (Å²) in [5, 5.41) is 2.94. The first kappa shape index (κ1) is 16.1. The number of fused-ring (bicyclic) bond motifs is 1. The van der Waals surface area contributed by atoms with Crippen LogP contribution < -0.4 is 5.32 Å². The van der Waals surface area contributed by atoms with Crippen molar-refractivity contribution in [2.75, 3.05) is 5.75 Å². The van der Waals surface area contributed by atoms with Crippen LogP contribution in [-0.4, -0.2) is 47.9 Å². The summed E-state index contributed by atoms with van der Waals surface area (Å²) in [4.78, 5) is 34.6. The lowest BCUT2D eigenvalue weighted by atomic mass is 10.2. The Bertz CT molecular complexity index is 792. The highest BCUT2D eigenvalue weighted by atomic mass is 32.2. The van der Waals surface area contributed by atoms with Crippen LogP contribution in [0.4, 0.5) is 0 Å². The van der Waals surface area contributed by atoms with Crippen LogP contribution in [0.3, 0.4) is 0 Å². The quantitative estimate of drug-likeness (QED) is 0.893. The molecule has 25 heavy (non-hydrogen) atoms. The van der Waals surface area contributed by atoms with E-state index in [4.69, 9.17) is 0 Å². The molecule has 2 aliphatic rings. The zero-order valence-electron chi connectivity index (χ0n) is 13.9. The first-order chi connectivity index (χ1) is 12.1. The largest absolute Gasteiger partial charge is 0.350 e. The molecule has 130 valence electrons. The van der Waals surface area contributed by atoms with Gasteiger partial charge in [0.1, 0.15) is 18.2 Å². The third-order valence-corrected chi connectivity index (χ3v) is 6.30. The van der Waals surface area contributed by atoms with Crippen LogP contribution >= 0.6 is 11.8 Å². The molecule has 0 aromatic carbocycles. The molecule has 0 radical (unpaired) electrons. The van der Waals surface area contributed by atoms with Crippen molar-refractivity contribution in [2.24, 2.45) is 0 Å². The van der Waals surface area contributed by atoms with Gasteiger partial charge in [0.15, 0.2) is 0 Å². The van der Waals surface area contributed by atoms with Gasteiger partial charge in [-0.15, -0.1) is 11.8 Å². The Kier molecular flexibility index (Phi) is 3.99. The zero-order valence-corrected chi connectivity index (χ0v) is 14.7. The van der Waals surface area contributed by atoms with Crippen molar-refractivity contribution in [1.29, 1.82) is 0 Å². The summed E-state index contributed by atoms with van der Waals surface area (Å²) in [5.74, 6) is 1.42. The molecule has 0 unspecified atom stereocenters. The van der Waals surface area contributed by atoms with Crippen LogP contribution in [0.1, 0.15) is 25.3 Å². The van der Waals surface area contributed by atoms with Crippen molar-refractivity contribution in [3.63, 3.8) is 0 Å². The average Bonchev–Trinajstić information content (AvgIpc) is 3.32. The molecule has 2 fully saturated rings. The Labute approximate surface area is 149 Å². The molecule has 0 bridgehead atoms. The molecule has 7 nitrogen and oxygen atoms in total. The van der Waals surface area contributed by atoms with E-state index in [0.717, 1.165) is 17.8 Å². The van der Waals surface area contributed by atoms with Gasteiger partial charge in [-0.2, -0.15) is 0 Å². The van der Waals surface area contributed by atoms with Gasteiger partial charge in [0.2, 0.25) is 11.8 Å². The van der Waals surface area contributed by atoms with E-state index in [9.17, 15) is 9.59 Å². The summed E-state index contributed by atoms with van der Waals surface area (Å²) < 4.78 is 1.82. The number of nitrogens with zero attached hydrogens (tertiary/aromatic N) is 4. The number of carbonyl (C=O) groups is 2. The van der Waals surface area contributed by atoms with E-state index < -0.39 is 0 Å². The summed E-state index contributed by atoms with van der Waals surface area (Å²) in [5.41, 5.74) is 0.915. The Morgan fingerprint density at radius 2 is 2.36 bits per heavy atom. The summed E-state index contributed by atoms with van der Waals surface area (Å²) in [7, 11) is 0. The third kappa shape index (κ3) is 2.90. The van der Waals surface area contributed by atoms with Crippen molar-refractivity contribution in [3.8, 4) is 5.82 Å². The van der Waals surface area contributed by atoms with Crippen LogP contribution in [0.25, 0.3) is 5.82 Å². The van der Waals surface area contributed by atoms with E-state index in [-0.39, 0.29) is 22.7 Å². The molecule has 0 saturated carbocycles. The Balaban J connectivity index is 1.38. The van der Waals surface area contributed by atoms with E-state index >= 15 is 0 Å². The van der Waals surface area contributed by atoms with E-state index in [2.05, 4.69) is 22.2 Å². The maximum atomic E-state index is 12.6. The van der Waals surface area contributed by atoms with Gasteiger partial charge in [0.25, 0.3) is 0 Å². The average molecular weight is 357 g/mol. The molecule has 2 amide bonds. The van der Waals surface area contributed by atoms with Crippen LogP contribution in [-0.2, 0) is 16.1 Å². The monoisotopic (exact) mass is 357 g/mol. The van der Waals surface area contributed by atoms with Crippen LogP contribution in [0.15, 0.2) is 37.1 Å². The highest BCUT2D eigenvalue weighted by molar-refractivity contribution is 8.01. The minimum atomic E-state index is -0.372. The fourth-order valence-corrected chi connectivity index (χ4v) is 4.82. The van der Waals surface area contributed by atoms with E-state index in [1.54, 1.807) is 35.4 Å². The maximum absolute atomic E-state index is 12.6. The number of carbonyl (C=O) groups excluding carboxylic acids is 2. The number of hydrogen-bond acceptors (Lipinski definition) is 5. The molecule has 1 N–H and O–H groups in total. The molecule has 0 spiro atoms. The number of pyridine rings is 1. The predicted octanol–water partition coefficient (Wildman–Crippen LogP) is 1.34. The van der Waals surface area contributed by atoms with E-state index in [1.807, 2.05) is 22.9 Å². The predicted molar refractivity (Wildman–Crippen MR) is 93.9 cm³/mol. The molecule has 2 aromatic rings. The Morgan fingerprint density at radius 3 is 3.08 bits per heavy atom. The number of nitrogens with one attached hydrogen (secondary N) is 1. The van der Waals surface area contributed by atoms with Crippen LogP contribution in [0.5, 0.6) is 0 Å². The molecule has 2 aromatic heterocycles. The maximum Gasteiger partial charge on any atom is 0.243 e. The number of thioether (sulfide) groups is 1. The van der Waals surface area contributed by atoms with Crippen LogP contribution in [0.2, 0.25) is 0 Å². The third-order valence-electron chi connectivity index (χ3n) is 4.79. The number of rotatable bonds is 4. The lowest BCUT2D eigenvalue weighted by Gasteiger charge is -2.29. The molecule has 4 heterocycles. The highest BCUT2D eigenvalue weighted by Crippen LogP contribution is 2.47. The normalized spacial score (nSPS) is 25.2. The van der Waals surface area contributed by atoms with Gasteiger partial charge in [0, 0.05) is 37.3 Å². The van der Waals surface area contributed by atoms with Crippen molar-refractivity contribution in [2.45, 2.75) is 37.2 Å². The lowest BCUT2D eigenvalue weighted by Crippen LogP contribution is -2.49. The zero-order chi connectivity index (χ0) is 17.4. The minimum Gasteiger partial charge on any atom is -0.350 e. The highest BCUT2D eigenvalue weighted by Gasteiger charge is 2.52. The summed E-state index contributed by atoms with van der Waals surface area (Å²) in [6, 6.07) is 3.44. The minimum absolute atomic E-state index is 0.0824. The SMILES string of the molecule is C[C@]12CCC(=O)N1[C@@H](C(=O)NCc1ccc(-n3ccnc3)nc1)CS2. The fourth-order valence-electron chi connectivity index (χ4n) is 3.39. The lowest BCUT2D eigenvalue weighted by molar-refractivity contribution is -0.138. The van der Waals surface area contributed by atoms with Gasteiger partial charge < -0.3 is 10.2 Å².